The number of hydrogen-bond acceptors (Lipinski definition) is 1. The largest absolute Gasteiger partial charge is 0.381 e. The molecule has 2 heteroatoms. The fraction of sp³-hybridized carbons (Fsp3) is 1.00. The van der Waals surface area contributed by atoms with Crippen molar-refractivity contribution in [2.24, 2.45) is 5.92 Å². The second-order valence-corrected chi connectivity index (χ2v) is 3.42. The SMILES string of the molecule is CCC(C)COCCCBr. The molecule has 0 N–H and O–H groups in total. The van der Waals surface area contributed by atoms with Crippen molar-refractivity contribution in [3.8, 4) is 0 Å². The van der Waals surface area contributed by atoms with Gasteiger partial charge >= 0.3 is 0 Å². The minimum absolute atomic E-state index is 0.718. The fourth-order valence-electron chi connectivity index (χ4n) is 0.559. The Labute approximate surface area is 72.3 Å². The van der Waals surface area contributed by atoms with Gasteiger partial charge in [0, 0.05) is 18.5 Å². The average Bonchev–Trinajstić information content (AvgIpc) is 1.98. The van der Waals surface area contributed by atoms with Crippen LogP contribution in [0.15, 0.2) is 0 Å². The Kier molecular flexibility index (Phi) is 7.88. The Balaban J connectivity index is 2.89. The highest BCUT2D eigenvalue weighted by molar-refractivity contribution is 9.09. The van der Waals surface area contributed by atoms with E-state index in [9.17, 15) is 0 Å². The van der Waals surface area contributed by atoms with Crippen molar-refractivity contribution in [3.05, 3.63) is 0 Å². The summed E-state index contributed by atoms with van der Waals surface area (Å²) in [4.78, 5) is 0. The van der Waals surface area contributed by atoms with Gasteiger partial charge in [0.15, 0.2) is 0 Å². The molecule has 0 heterocycles. The topological polar surface area (TPSA) is 9.23 Å². The molecule has 0 fully saturated rings. The van der Waals surface area contributed by atoms with Crippen LogP contribution < -0.4 is 0 Å². The van der Waals surface area contributed by atoms with Gasteiger partial charge < -0.3 is 4.74 Å². The molecular formula is C8H17BrO. The monoisotopic (exact) mass is 208 g/mol. The normalized spacial score (nSPS) is 13.5. The second kappa shape index (κ2) is 7.55. The fourth-order valence-corrected chi connectivity index (χ4v) is 0.788. The molecule has 0 bridgehead atoms. The lowest BCUT2D eigenvalue weighted by Crippen LogP contribution is -2.05. The quantitative estimate of drug-likeness (QED) is 0.482. The average molecular weight is 209 g/mol. The highest BCUT2D eigenvalue weighted by atomic mass is 79.9. The standard InChI is InChI=1S/C8H17BrO/c1-3-8(2)7-10-6-4-5-9/h8H,3-7H2,1-2H3. The summed E-state index contributed by atoms with van der Waals surface area (Å²) in [7, 11) is 0. The van der Waals surface area contributed by atoms with Gasteiger partial charge in [0.05, 0.1) is 0 Å². The van der Waals surface area contributed by atoms with Gasteiger partial charge in [-0.2, -0.15) is 0 Å². The van der Waals surface area contributed by atoms with E-state index in [1.165, 1.54) is 6.42 Å². The Morgan fingerprint density at radius 2 is 2.20 bits per heavy atom. The summed E-state index contributed by atoms with van der Waals surface area (Å²) < 4.78 is 5.40. The molecule has 0 rings (SSSR count). The molecule has 0 aliphatic heterocycles. The lowest BCUT2D eigenvalue weighted by Gasteiger charge is -2.07. The maximum Gasteiger partial charge on any atom is 0.0491 e. The molecule has 1 unspecified atom stereocenters. The van der Waals surface area contributed by atoms with E-state index in [4.69, 9.17) is 4.74 Å². The molecule has 62 valence electrons. The molecule has 0 saturated heterocycles. The third-order valence-corrected chi connectivity index (χ3v) is 2.08. The van der Waals surface area contributed by atoms with Crippen LogP contribution in [0.4, 0.5) is 0 Å². The third kappa shape index (κ3) is 6.56. The molecule has 0 aromatic heterocycles. The molecular weight excluding hydrogens is 192 g/mol. The molecule has 1 atom stereocenters. The lowest BCUT2D eigenvalue weighted by molar-refractivity contribution is 0.105. The molecule has 0 aromatic rings. The van der Waals surface area contributed by atoms with E-state index in [1.54, 1.807) is 0 Å². The molecule has 0 saturated carbocycles. The second-order valence-electron chi connectivity index (χ2n) is 2.63. The number of ether oxygens (including phenoxy) is 1. The van der Waals surface area contributed by atoms with Crippen LogP contribution in [0.3, 0.4) is 0 Å². The zero-order chi connectivity index (χ0) is 7.82. The van der Waals surface area contributed by atoms with E-state index < -0.39 is 0 Å². The van der Waals surface area contributed by atoms with Crippen LogP contribution in [-0.4, -0.2) is 18.5 Å². The third-order valence-electron chi connectivity index (χ3n) is 1.52. The first-order chi connectivity index (χ1) is 4.81. The Bertz CT molecular complexity index is 66.3. The number of rotatable bonds is 6. The first-order valence-corrected chi connectivity index (χ1v) is 5.07. The van der Waals surface area contributed by atoms with E-state index in [0.717, 1.165) is 30.9 Å². The van der Waals surface area contributed by atoms with Crippen molar-refractivity contribution >= 4 is 15.9 Å². The van der Waals surface area contributed by atoms with Crippen molar-refractivity contribution in [3.63, 3.8) is 0 Å². The Morgan fingerprint density at radius 3 is 2.70 bits per heavy atom. The van der Waals surface area contributed by atoms with Gasteiger partial charge in [-0.1, -0.05) is 36.2 Å². The molecule has 1 nitrogen and oxygen atoms in total. The molecule has 0 aromatic carbocycles. The highest BCUT2D eigenvalue weighted by Crippen LogP contribution is 2.00. The van der Waals surface area contributed by atoms with Crippen molar-refractivity contribution in [1.82, 2.24) is 0 Å². The molecule has 0 radical (unpaired) electrons. The molecule has 10 heavy (non-hydrogen) atoms. The van der Waals surface area contributed by atoms with Crippen molar-refractivity contribution in [2.45, 2.75) is 26.7 Å². The van der Waals surface area contributed by atoms with Gasteiger partial charge in [-0.3, -0.25) is 0 Å². The van der Waals surface area contributed by atoms with E-state index in [-0.39, 0.29) is 0 Å². The van der Waals surface area contributed by atoms with Gasteiger partial charge in [0.1, 0.15) is 0 Å². The van der Waals surface area contributed by atoms with Crippen molar-refractivity contribution in [1.29, 1.82) is 0 Å². The number of alkyl halides is 1. The maximum absolute atomic E-state index is 5.40. The van der Waals surface area contributed by atoms with Gasteiger partial charge in [-0.25, -0.2) is 0 Å². The minimum atomic E-state index is 0.718. The zero-order valence-corrected chi connectivity index (χ0v) is 8.49. The van der Waals surface area contributed by atoms with Crippen molar-refractivity contribution in [2.75, 3.05) is 18.5 Å². The van der Waals surface area contributed by atoms with Crippen LogP contribution in [-0.2, 0) is 4.74 Å². The lowest BCUT2D eigenvalue weighted by atomic mass is 10.1. The van der Waals surface area contributed by atoms with Gasteiger partial charge in [0.25, 0.3) is 0 Å². The zero-order valence-electron chi connectivity index (χ0n) is 6.90. The minimum Gasteiger partial charge on any atom is -0.381 e. The first kappa shape index (κ1) is 10.4. The summed E-state index contributed by atoms with van der Waals surface area (Å²) >= 11 is 3.35. The summed E-state index contributed by atoms with van der Waals surface area (Å²) in [5, 5.41) is 1.05. The van der Waals surface area contributed by atoms with E-state index in [2.05, 4.69) is 29.8 Å². The van der Waals surface area contributed by atoms with Crippen LogP contribution in [0.2, 0.25) is 0 Å². The van der Waals surface area contributed by atoms with Crippen LogP contribution in [0, 0.1) is 5.92 Å². The van der Waals surface area contributed by atoms with E-state index in [0.29, 0.717) is 0 Å². The van der Waals surface area contributed by atoms with Crippen LogP contribution in [0.5, 0.6) is 0 Å². The summed E-state index contributed by atoms with van der Waals surface area (Å²) in [6, 6.07) is 0. The smallest absolute Gasteiger partial charge is 0.0491 e. The molecule has 0 amide bonds. The summed E-state index contributed by atoms with van der Waals surface area (Å²) in [6.07, 6.45) is 2.34. The highest BCUT2D eigenvalue weighted by Gasteiger charge is 1.96. The van der Waals surface area contributed by atoms with Crippen LogP contribution in [0.1, 0.15) is 26.7 Å². The Hall–Kier alpha value is 0.440. The first-order valence-electron chi connectivity index (χ1n) is 3.95. The molecule has 0 aliphatic rings. The molecule has 0 aliphatic carbocycles. The van der Waals surface area contributed by atoms with Gasteiger partial charge in [-0.05, 0) is 12.3 Å². The summed E-state index contributed by atoms with van der Waals surface area (Å²) in [5.41, 5.74) is 0. The summed E-state index contributed by atoms with van der Waals surface area (Å²) in [5.74, 6) is 0.718. The van der Waals surface area contributed by atoms with Crippen LogP contribution >= 0.6 is 15.9 Å². The van der Waals surface area contributed by atoms with E-state index >= 15 is 0 Å². The predicted molar refractivity (Wildman–Crippen MR) is 48.7 cm³/mol. The maximum atomic E-state index is 5.40. The van der Waals surface area contributed by atoms with Gasteiger partial charge in [0.2, 0.25) is 0 Å². The predicted octanol–water partition coefficient (Wildman–Crippen LogP) is 2.83. The van der Waals surface area contributed by atoms with Crippen LogP contribution in [0.25, 0.3) is 0 Å². The number of hydrogen-bond donors (Lipinski definition) is 0. The molecule has 0 spiro atoms. The summed E-state index contributed by atoms with van der Waals surface area (Å²) in [6.45, 7) is 6.23. The van der Waals surface area contributed by atoms with E-state index in [1.807, 2.05) is 0 Å². The van der Waals surface area contributed by atoms with Gasteiger partial charge in [-0.15, -0.1) is 0 Å². The number of halogens is 1. The Morgan fingerprint density at radius 1 is 1.50 bits per heavy atom. The van der Waals surface area contributed by atoms with Crippen molar-refractivity contribution < 1.29 is 4.74 Å².